The molecular weight excluding hydrogens is 715 g/mol. The van der Waals surface area contributed by atoms with Gasteiger partial charge >= 0.3 is 12.2 Å². The number of guanidine groups is 1. The number of carbonyl (C=O) groups is 2. The number of benzene rings is 1. The van der Waals surface area contributed by atoms with Crippen molar-refractivity contribution in [3.63, 3.8) is 0 Å². The van der Waals surface area contributed by atoms with Crippen LogP contribution in [-0.2, 0) is 20.9 Å². The Bertz CT molecular complexity index is 1260. The maximum Gasteiger partial charge on any atom is 0.513 e. The molecule has 45 heavy (non-hydrogen) atoms. The van der Waals surface area contributed by atoms with Crippen LogP contribution in [0.3, 0.4) is 0 Å². The third-order valence-corrected chi connectivity index (χ3v) is 6.67. The number of hydrogen-bond acceptors (Lipinski definition) is 8. The van der Waals surface area contributed by atoms with Gasteiger partial charge in [-0.15, -0.1) is 0 Å². The minimum atomic E-state index is -0.767. The highest BCUT2D eigenvalue weighted by Gasteiger charge is 2.29. The number of halogens is 2. The van der Waals surface area contributed by atoms with Crippen LogP contribution in [0.5, 0.6) is 5.75 Å². The first-order valence-corrected chi connectivity index (χ1v) is 15.1. The van der Waals surface area contributed by atoms with Gasteiger partial charge in [-0.05, 0) is 64.3 Å². The second kappa shape index (κ2) is 19.8. The number of nitrogens with zero attached hydrogens (tertiary/aromatic N) is 4. The van der Waals surface area contributed by atoms with Crippen LogP contribution in [0.15, 0.2) is 53.8 Å². The Morgan fingerprint density at radius 1 is 1.07 bits per heavy atom. The highest BCUT2D eigenvalue weighted by atomic mass is 127. The number of nitrogens with one attached hydrogen (secondary N) is 2. The first-order chi connectivity index (χ1) is 21.1. The summed E-state index contributed by atoms with van der Waals surface area (Å²) in [7, 11) is 0. The highest BCUT2D eigenvalue weighted by Crippen LogP contribution is 2.18. The summed E-state index contributed by atoms with van der Waals surface area (Å²) < 4.78 is 23.4. The van der Waals surface area contributed by atoms with E-state index in [-0.39, 0.29) is 42.9 Å². The number of ether oxygens (including phenoxy) is 4. The fourth-order valence-corrected chi connectivity index (χ4v) is 4.31. The molecule has 1 aliphatic rings. The maximum atomic E-state index is 12.2. The molecule has 3 rings (SSSR count). The van der Waals surface area contributed by atoms with E-state index in [0.717, 1.165) is 31.4 Å². The van der Waals surface area contributed by atoms with E-state index in [0.29, 0.717) is 55.8 Å². The Morgan fingerprint density at radius 2 is 1.73 bits per heavy atom. The third kappa shape index (κ3) is 15.4. The molecule has 1 saturated heterocycles. The lowest BCUT2D eigenvalue weighted by Crippen LogP contribution is -3.00. The zero-order chi connectivity index (χ0) is 31.8. The van der Waals surface area contributed by atoms with Crippen LogP contribution in [0, 0.1) is 11.5 Å². The first kappa shape index (κ1) is 37.7. The molecule has 2 aromatic rings. The molecule has 2 N–H and O–H groups in total. The standard InChI is InChI=1S/C31H41ClN6O6.HI/c1-31(2,3)44-29(39)38-19-14-27(15-20-38)43-30(40)42-23-37-17-12-25(13-18-37)36-28(35-22-33)34-16-6-4-5-7-21-41-26-10-8-24(32)9-11-26;/h8-13,17-18,27H,4-7,14-16,19-21,23H2,1-3H3,(H,34,35);1H. The molecular formula is C31H42ClIN6O6. The van der Waals surface area contributed by atoms with Crippen molar-refractivity contribution < 1.29 is 57.1 Å². The van der Waals surface area contributed by atoms with Gasteiger partial charge in [0.05, 0.1) is 12.3 Å². The Labute approximate surface area is 287 Å². The van der Waals surface area contributed by atoms with Crippen LogP contribution in [-0.4, -0.2) is 61.1 Å². The Kier molecular flexibility index (Phi) is 16.6. The Morgan fingerprint density at radius 3 is 2.38 bits per heavy atom. The average molecular weight is 757 g/mol. The van der Waals surface area contributed by atoms with E-state index in [2.05, 4.69) is 15.6 Å². The molecule has 2 heterocycles. The molecule has 1 fully saturated rings. The van der Waals surface area contributed by atoms with Crippen molar-refractivity contribution in [3.05, 3.63) is 53.8 Å². The zero-order valence-corrected chi connectivity index (χ0v) is 28.9. The van der Waals surface area contributed by atoms with Crippen molar-refractivity contribution >= 4 is 35.5 Å². The van der Waals surface area contributed by atoms with Crippen molar-refractivity contribution in [3.8, 4) is 11.9 Å². The largest absolute Gasteiger partial charge is 1.00 e. The summed E-state index contributed by atoms with van der Waals surface area (Å²) >= 11 is 5.88. The molecule has 0 spiro atoms. The molecule has 1 aromatic carbocycles. The second-order valence-electron chi connectivity index (χ2n) is 11.2. The summed E-state index contributed by atoms with van der Waals surface area (Å²) in [5, 5.41) is 15.4. The number of carbonyl (C=O) groups excluding carboxylic acids is 2. The van der Waals surface area contributed by atoms with E-state index in [1.807, 2.05) is 39.1 Å². The van der Waals surface area contributed by atoms with Gasteiger partial charge in [-0.2, -0.15) is 9.83 Å². The molecule has 0 bridgehead atoms. The number of nitriles is 1. The lowest BCUT2D eigenvalue weighted by molar-refractivity contribution is -0.727. The summed E-state index contributed by atoms with van der Waals surface area (Å²) in [5.74, 6) is 1.16. The number of unbranched alkanes of at least 4 members (excludes halogenated alkanes) is 3. The van der Waals surface area contributed by atoms with Gasteiger partial charge in [0.25, 0.3) is 6.73 Å². The number of piperidine rings is 1. The summed E-state index contributed by atoms with van der Waals surface area (Å²) in [4.78, 5) is 30.5. The van der Waals surface area contributed by atoms with Crippen molar-refractivity contribution in [2.45, 2.75) is 77.7 Å². The number of aromatic nitrogens is 1. The monoisotopic (exact) mass is 756 g/mol. The van der Waals surface area contributed by atoms with Crippen LogP contribution in [0.4, 0.5) is 15.3 Å². The lowest BCUT2D eigenvalue weighted by Gasteiger charge is -2.32. The number of pyridine rings is 1. The van der Waals surface area contributed by atoms with Crippen LogP contribution >= 0.6 is 11.6 Å². The summed E-state index contributed by atoms with van der Waals surface area (Å²) in [6, 6.07) is 10.9. The van der Waals surface area contributed by atoms with Crippen LogP contribution in [0.2, 0.25) is 5.02 Å². The first-order valence-electron chi connectivity index (χ1n) is 14.8. The number of likely N-dealkylation sites (tertiary alicyclic amines) is 1. The molecule has 0 unspecified atom stereocenters. The van der Waals surface area contributed by atoms with E-state index in [4.69, 9.17) is 35.8 Å². The van der Waals surface area contributed by atoms with Gasteiger partial charge < -0.3 is 53.1 Å². The Balaban J connectivity index is 0.00000705. The normalized spacial score (nSPS) is 13.6. The third-order valence-electron chi connectivity index (χ3n) is 6.42. The van der Waals surface area contributed by atoms with E-state index >= 15 is 0 Å². The van der Waals surface area contributed by atoms with Crippen molar-refractivity contribution in [2.24, 2.45) is 4.99 Å². The molecule has 246 valence electrons. The smallest absolute Gasteiger partial charge is 0.513 e. The van der Waals surface area contributed by atoms with E-state index in [1.165, 1.54) is 0 Å². The second-order valence-corrected chi connectivity index (χ2v) is 11.7. The van der Waals surface area contributed by atoms with Crippen molar-refractivity contribution in [1.29, 1.82) is 5.26 Å². The molecule has 1 aliphatic heterocycles. The molecule has 14 heteroatoms. The SMILES string of the molecule is CC(C)(C)OC(=O)N1CCC(OC(=O)OC[n+]2ccc(N/C(=N\CCCCCCOc3ccc(Cl)cc3)NC#N)cc2)CC1.[I-]. The fraction of sp³-hybridized carbons (Fsp3) is 0.516. The Hall–Kier alpha value is -3.51. The molecule has 0 atom stereocenters. The number of anilines is 1. The number of amides is 1. The predicted molar refractivity (Wildman–Crippen MR) is 165 cm³/mol. The number of aliphatic imine (C=N–C) groups is 1. The molecule has 12 nitrogen and oxygen atoms in total. The summed E-state index contributed by atoms with van der Waals surface area (Å²) in [5.41, 5.74) is 0.154. The van der Waals surface area contributed by atoms with Gasteiger partial charge in [0.15, 0.2) is 18.6 Å². The predicted octanol–water partition coefficient (Wildman–Crippen LogP) is 2.62. The minimum absolute atomic E-state index is 0. The van der Waals surface area contributed by atoms with Gasteiger partial charge in [0, 0.05) is 49.6 Å². The zero-order valence-electron chi connectivity index (χ0n) is 26.0. The van der Waals surface area contributed by atoms with E-state index in [1.54, 1.807) is 46.1 Å². The quantitative estimate of drug-likeness (QED) is 0.0490. The molecule has 1 aromatic heterocycles. The average Bonchev–Trinajstić information content (AvgIpc) is 2.98. The molecule has 0 saturated carbocycles. The van der Waals surface area contributed by atoms with E-state index < -0.39 is 11.8 Å². The van der Waals surface area contributed by atoms with Gasteiger partial charge in [-0.3, -0.25) is 10.3 Å². The van der Waals surface area contributed by atoms with Crippen molar-refractivity contribution in [1.82, 2.24) is 10.2 Å². The highest BCUT2D eigenvalue weighted by molar-refractivity contribution is 6.30. The molecule has 1 amide bonds. The number of hydrogen-bond donors (Lipinski definition) is 2. The van der Waals surface area contributed by atoms with E-state index in [9.17, 15) is 9.59 Å². The molecule has 0 radical (unpaired) electrons. The van der Waals surface area contributed by atoms with Gasteiger partial charge in [-0.1, -0.05) is 18.0 Å². The lowest BCUT2D eigenvalue weighted by atomic mass is 10.1. The topological polar surface area (TPSA) is 138 Å². The van der Waals surface area contributed by atoms with Crippen molar-refractivity contribution in [2.75, 3.05) is 31.6 Å². The van der Waals surface area contributed by atoms with Gasteiger partial charge in [-0.25, -0.2) is 9.59 Å². The van der Waals surface area contributed by atoms with Crippen LogP contribution in [0.25, 0.3) is 0 Å². The summed E-state index contributed by atoms with van der Waals surface area (Å²) in [6.07, 6.45) is 8.76. The minimum Gasteiger partial charge on any atom is -1.00 e. The van der Waals surface area contributed by atoms with Crippen LogP contribution in [0.1, 0.15) is 59.3 Å². The van der Waals surface area contributed by atoms with Gasteiger partial charge in [0.1, 0.15) is 17.5 Å². The van der Waals surface area contributed by atoms with Gasteiger partial charge in [0.2, 0.25) is 5.96 Å². The maximum absolute atomic E-state index is 12.2. The fourth-order valence-electron chi connectivity index (χ4n) is 4.19. The summed E-state index contributed by atoms with van der Waals surface area (Å²) in [6.45, 7) is 7.55. The number of rotatable bonds is 12. The molecule has 0 aliphatic carbocycles. The van der Waals surface area contributed by atoms with Crippen LogP contribution < -0.4 is 43.9 Å².